The Balaban J connectivity index is 3.15. The molecular weight excluding hydrogens is 259 g/mol. The van der Waals surface area contributed by atoms with Crippen LogP contribution in [0, 0.1) is 0 Å². The van der Waals surface area contributed by atoms with Gasteiger partial charge in [0.15, 0.2) is 5.75 Å². The Hall–Kier alpha value is -0.870. The fourth-order valence-electron chi connectivity index (χ4n) is 1.95. The lowest BCUT2D eigenvalue weighted by Crippen LogP contribution is -2.33. The Labute approximate surface area is 116 Å². The minimum atomic E-state index is -1.99. The van der Waals surface area contributed by atoms with Gasteiger partial charge in [0.05, 0.1) is 0 Å². The topological polar surface area (TPSA) is 31.3 Å². The Bertz CT molecular complexity index is 422. The molecule has 0 N–H and O–H groups in total. The van der Waals surface area contributed by atoms with E-state index in [4.69, 9.17) is 4.84 Å². The van der Waals surface area contributed by atoms with E-state index in [9.17, 15) is 0 Å². The van der Waals surface area contributed by atoms with Crippen LogP contribution in [0.3, 0.4) is 0 Å². The van der Waals surface area contributed by atoms with E-state index in [1.807, 2.05) is 58.5 Å². The first kappa shape index (κ1) is 16.2. The highest BCUT2D eigenvalue weighted by Gasteiger charge is 2.31. The summed E-state index contributed by atoms with van der Waals surface area (Å²) in [6.07, 6.45) is 0. The highest BCUT2D eigenvalue weighted by Crippen LogP contribution is 2.55. The largest absolute Gasteiger partial charge is 0.355 e. The zero-order valence-electron chi connectivity index (χ0n) is 12.7. The Morgan fingerprint density at radius 2 is 1.53 bits per heavy atom. The predicted molar refractivity (Wildman–Crippen MR) is 82.1 cm³/mol. The second kappa shape index (κ2) is 7.06. The molecule has 0 saturated carbocycles. The van der Waals surface area contributed by atoms with E-state index in [0.29, 0.717) is 0 Å². The van der Waals surface area contributed by atoms with Crippen LogP contribution in [0.25, 0.3) is 0 Å². The maximum Gasteiger partial charge on any atom is 0.210 e. The van der Waals surface area contributed by atoms with Crippen LogP contribution in [0.4, 0.5) is 0 Å². The summed E-state index contributed by atoms with van der Waals surface area (Å²) in [6, 6.07) is 9.68. The summed E-state index contributed by atoms with van der Waals surface area (Å²) < 4.78 is 6.51. The van der Waals surface area contributed by atoms with Crippen molar-refractivity contribution in [1.82, 2.24) is 14.0 Å². The van der Waals surface area contributed by atoms with E-state index in [2.05, 4.69) is 32.9 Å². The molecule has 5 nitrogen and oxygen atoms in total. The molecule has 0 aliphatic heterocycles. The van der Waals surface area contributed by atoms with Gasteiger partial charge in [-0.15, -0.1) is 0 Å². The molecule has 0 spiro atoms. The molecule has 1 aromatic carbocycles. The molecule has 0 unspecified atom stereocenters. The average molecular weight is 284 g/mol. The SMILES string of the molecule is CCN(C)P(=NOc1ccccc1)(N(C)C)N(C)C. The third-order valence-electron chi connectivity index (χ3n) is 2.99. The highest BCUT2D eigenvalue weighted by molar-refractivity contribution is 7.58. The van der Waals surface area contributed by atoms with Gasteiger partial charge in [0, 0.05) is 6.54 Å². The molecule has 0 bridgehead atoms. The van der Waals surface area contributed by atoms with Gasteiger partial charge in [-0.25, -0.2) is 14.0 Å². The Kier molecular flexibility index (Phi) is 6.01. The predicted octanol–water partition coefficient (Wildman–Crippen LogP) is 3.00. The summed E-state index contributed by atoms with van der Waals surface area (Å²) in [5.41, 5.74) is 0. The van der Waals surface area contributed by atoms with Crippen molar-refractivity contribution in [2.24, 2.45) is 4.91 Å². The quantitative estimate of drug-likeness (QED) is 0.593. The molecule has 108 valence electrons. The second-order valence-corrected chi connectivity index (χ2v) is 8.21. The lowest BCUT2D eigenvalue weighted by Gasteiger charge is -2.40. The van der Waals surface area contributed by atoms with Gasteiger partial charge in [0.2, 0.25) is 7.51 Å². The highest BCUT2D eigenvalue weighted by atomic mass is 31.2. The molecule has 0 amide bonds. The van der Waals surface area contributed by atoms with Crippen molar-refractivity contribution in [3.05, 3.63) is 30.3 Å². The van der Waals surface area contributed by atoms with E-state index in [-0.39, 0.29) is 0 Å². The van der Waals surface area contributed by atoms with Crippen LogP contribution in [0.15, 0.2) is 35.2 Å². The molecular formula is C13H25N4OP. The van der Waals surface area contributed by atoms with Crippen molar-refractivity contribution < 1.29 is 4.84 Å². The normalized spacial score (nSPS) is 12.3. The summed E-state index contributed by atoms with van der Waals surface area (Å²) in [5, 5.41) is 0. The molecule has 19 heavy (non-hydrogen) atoms. The summed E-state index contributed by atoms with van der Waals surface area (Å²) in [7, 11) is 8.24. The van der Waals surface area contributed by atoms with Crippen LogP contribution in [-0.2, 0) is 0 Å². The molecule has 0 heterocycles. The Morgan fingerprint density at radius 1 is 1.00 bits per heavy atom. The van der Waals surface area contributed by atoms with Gasteiger partial charge in [-0.1, -0.05) is 30.0 Å². The molecule has 0 aliphatic rings. The zero-order chi connectivity index (χ0) is 14.5. The monoisotopic (exact) mass is 284 g/mol. The van der Waals surface area contributed by atoms with Crippen LogP contribution >= 0.6 is 7.51 Å². The van der Waals surface area contributed by atoms with Crippen LogP contribution in [0.5, 0.6) is 5.75 Å². The number of hydrogen-bond donors (Lipinski definition) is 0. The van der Waals surface area contributed by atoms with Gasteiger partial charge >= 0.3 is 0 Å². The van der Waals surface area contributed by atoms with E-state index in [1.54, 1.807) is 0 Å². The van der Waals surface area contributed by atoms with Crippen LogP contribution in [0.1, 0.15) is 6.92 Å². The van der Waals surface area contributed by atoms with Crippen molar-refractivity contribution in [3.8, 4) is 5.75 Å². The van der Waals surface area contributed by atoms with Gasteiger partial charge in [0.25, 0.3) is 0 Å². The molecule has 1 rings (SSSR count). The lowest BCUT2D eigenvalue weighted by atomic mass is 10.3. The molecule has 0 aliphatic carbocycles. The lowest BCUT2D eigenvalue weighted by molar-refractivity contribution is 0.320. The molecule has 6 heteroatoms. The van der Waals surface area contributed by atoms with E-state index in [0.717, 1.165) is 12.3 Å². The summed E-state index contributed by atoms with van der Waals surface area (Å²) in [4.78, 5) is 10.3. The van der Waals surface area contributed by atoms with Crippen LogP contribution in [0.2, 0.25) is 0 Å². The third-order valence-corrected chi connectivity index (χ3v) is 6.63. The maximum absolute atomic E-state index is 5.67. The molecule has 0 atom stereocenters. The van der Waals surface area contributed by atoms with Gasteiger partial charge in [-0.3, -0.25) is 0 Å². The first-order valence-corrected chi connectivity index (χ1v) is 7.96. The van der Waals surface area contributed by atoms with E-state index in [1.165, 1.54) is 0 Å². The first-order chi connectivity index (χ1) is 8.95. The third kappa shape index (κ3) is 3.57. The fraction of sp³-hybridized carbons (Fsp3) is 0.538. The van der Waals surface area contributed by atoms with Crippen LogP contribution < -0.4 is 4.84 Å². The summed E-state index contributed by atoms with van der Waals surface area (Å²) in [5.74, 6) is 0.764. The fourth-order valence-corrected chi connectivity index (χ4v) is 4.89. The zero-order valence-corrected chi connectivity index (χ0v) is 13.6. The number of nitrogens with zero attached hydrogens (tertiary/aromatic N) is 4. The number of benzene rings is 1. The van der Waals surface area contributed by atoms with Crippen molar-refractivity contribution in [1.29, 1.82) is 0 Å². The smallest absolute Gasteiger partial charge is 0.210 e. The molecule has 0 aromatic heterocycles. The Morgan fingerprint density at radius 3 is 1.95 bits per heavy atom. The van der Waals surface area contributed by atoms with E-state index < -0.39 is 7.51 Å². The first-order valence-electron chi connectivity index (χ1n) is 6.36. The van der Waals surface area contributed by atoms with Crippen molar-refractivity contribution in [2.75, 3.05) is 41.8 Å². The second-order valence-electron chi connectivity index (χ2n) is 4.69. The molecule has 1 aromatic rings. The molecule has 0 radical (unpaired) electrons. The number of hydrogen-bond acceptors (Lipinski definition) is 2. The number of para-hydroxylation sites is 1. The summed E-state index contributed by atoms with van der Waals surface area (Å²) >= 11 is 0. The minimum absolute atomic E-state index is 0.764. The summed E-state index contributed by atoms with van der Waals surface area (Å²) in [6.45, 7) is 3.03. The van der Waals surface area contributed by atoms with Crippen molar-refractivity contribution in [3.63, 3.8) is 0 Å². The van der Waals surface area contributed by atoms with Crippen molar-refractivity contribution in [2.45, 2.75) is 6.92 Å². The van der Waals surface area contributed by atoms with Crippen molar-refractivity contribution >= 4 is 7.51 Å². The average Bonchev–Trinajstić information content (AvgIpc) is 2.39. The molecule has 0 saturated heterocycles. The minimum Gasteiger partial charge on any atom is -0.355 e. The van der Waals surface area contributed by atoms with Crippen LogP contribution in [-0.4, -0.2) is 55.8 Å². The molecule has 0 fully saturated rings. The standard InChI is InChI=1S/C13H25N4OP/c1-7-17(6)19(15(2)3,16(4)5)14-18-13-11-9-8-10-12-13/h8-12H,7H2,1-6H3. The van der Waals surface area contributed by atoms with Gasteiger partial charge in [-0.05, 0) is 47.4 Å². The van der Waals surface area contributed by atoms with E-state index >= 15 is 0 Å². The number of rotatable bonds is 6. The van der Waals surface area contributed by atoms with Gasteiger partial charge in [0.1, 0.15) is 0 Å². The van der Waals surface area contributed by atoms with Gasteiger partial charge < -0.3 is 4.84 Å². The van der Waals surface area contributed by atoms with Gasteiger partial charge in [-0.2, -0.15) is 0 Å². The maximum atomic E-state index is 5.67.